The van der Waals surface area contributed by atoms with E-state index in [1.165, 1.54) is 110 Å². The summed E-state index contributed by atoms with van der Waals surface area (Å²) < 4.78 is 17.0. The number of rotatable bonds is 17. The van der Waals surface area contributed by atoms with Crippen LogP contribution < -0.4 is 9.80 Å². The molecule has 0 bridgehead atoms. The zero-order valence-electron chi connectivity index (χ0n) is 72.1. The van der Waals surface area contributed by atoms with Gasteiger partial charge in [-0.3, -0.25) is 0 Å². The first-order valence-electron chi connectivity index (χ1n) is 45.0. The van der Waals surface area contributed by atoms with E-state index in [0.717, 1.165) is 123 Å². The van der Waals surface area contributed by atoms with Crippen LogP contribution in [0.2, 0.25) is 0 Å². The van der Waals surface area contributed by atoms with E-state index < -0.39 is 0 Å². The average Bonchev–Trinajstić information content (AvgIpc) is 1.60. The first-order valence-corrected chi connectivity index (χ1v) is 45.0. The van der Waals surface area contributed by atoms with Gasteiger partial charge in [-0.05, 0) is 276 Å². The van der Waals surface area contributed by atoms with Crippen molar-refractivity contribution in [1.82, 2.24) is 9.13 Å². The molecule has 21 aromatic carbocycles. The third-order valence-corrected chi connectivity index (χ3v) is 26.1. The second-order valence-corrected chi connectivity index (χ2v) is 33.9. The van der Waals surface area contributed by atoms with E-state index in [1.54, 1.807) is 0 Å². The highest BCUT2D eigenvalue weighted by Gasteiger charge is 2.22. The fourth-order valence-corrected chi connectivity index (χ4v) is 19.4. The molecule has 0 aliphatic heterocycles. The third kappa shape index (κ3) is 14.7. The van der Waals surface area contributed by atoms with E-state index in [-0.39, 0.29) is 0 Å². The van der Waals surface area contributed by atoms with Gasteiger partial charge < -0.3 is 27.8 Å². The van der Waals surface area contributed by atoms with Crippen molar-refractivity contribution >= 4 is 122 Å². The number of hydrogen-bond donors (Lipinski definition) is 0. The molecule has 6 nitrogen and oxygen atoms in total. The molecular weight excluding hydrogens is 1600 g/mol. The lowest BCUT2D eigenvalue weighted by molar-refractivity contribution is 0.668. The third-order valence-electron chi connectivity index (χ3n) is 26.1. The van der Waals surface area contributed by atoms with E-state index in [2.05, 4.69) is 504 Å². The average molecular weight is 1690 g/mol. The van der Waals surface area contributed by atoms with Crippen LogP contribution in [0.25, 0.3) is 199 Å². The quantitative estimate of drug-likeness (QED) is 0.0911. The molecule has 0 aliphatic rings. The standard InChI is InChI=1S/C66H44N2O.C60H40N2O/c1-3-13-45(14-4-1)52-41-53(46-15-5-2-6-16-46)43-54(42-52)50-29-36-57(37-30-50)67(56-34-27-49(28-35-56)51-31-40-66-62(44-51)61-19-9-12-22-65(61)69-66)55-32-23-47(24-33-55)48-25-38-58(39-26-48)68-63-20-10-7-17-59(63)60-18-8-11-21-64(60)68;1-2-10-41(11-3-1)42-18-20-43(21-19-42)44-22-31-49(32-23-44)61(51-35-28-47(29-36-51)48-30-39-60-56(40-48)55-14-6-9-17-59(55)63-60)50-33-24-45(25-34-50)46-26-37-52(38-27-46)62-57-15-7-4-12-53(57)54-13-5-8-16-58(54)62/h1-44H;1-40H. The molecule has 0 fully saturated rings. The molecule has 0 unspecified atom stereocenters. The van der Waals surface area contributed by atoms with Crippen LogP contribution in [0.4, 0.5) is 34.1 Å². The molecular formula is C126H84N4O2. The highest BCUT2D eigenvalue weighted by molar-refractivity contribution is 6.12. The molecule has 0 saturated heterocycles. The molecule has 132 heavy (non-hydrogen) atoms. The predicted molar refractivity (Wildman–Crippen MR) is 554 cm³/mol. The van der Waals surface area contributed by atoms with Crippen LogP contribution in [0.1, 0.15) is 0 Å². The van der Waals surface area contributed by atoms with Crippen LogP contribution in [-0.2, 0) is 0 Å². The van der Waals surface area contributed by atoms with E-state index in [1.807, 2.05) is 24.3 Å². The number of benzene rings is 21. The summed E-state index contributed by atoms with van der Waals surface area (Å²) in [6, 6.07) is 183. The maximum Gasteiger partial charge on any atom is 0.135 e. The Balaban J connectivity index is 0.000000146. The molecule has 0 N–H and O–H groups in total. The maximum atomic E-state index is 6.16. The minimum atomic E-state index is 0.900. The van der Waals surface area contributed by atoms with Crippen LogP contribution in [0, 0.1) is 0 Å². The van der Waals surface area contributed by atoms with Crippen molar-refractivity contribution in [3.05, 3.63) is 510 Å². The van der Waals surface area contributed by atoms with E-state index >= 15 is 0 Å². The Labute approximate surface area is 765 Å². The van der Waals surface area contributed by atoms with Gasteiger partial charge >= 0.3 is 0 Å². The summed E-state index contributed by atoms with van der Waals surface area (Å²) in [5.41, 5.74) is 38.4. The summed E-state index contributed by atoms with van der Waals surface area (Å²) >= 11 is 0. The summed E-state index contributed by atoms with van der Waals surface area (Å²) in [5, 5.41) is 9.58. The maximum absolute atomic E-state index is 6.16. The first-order chi connectivity index (χ1) is 65.4. The molecule has 4 aromatic heterocycles. The second-order valence-electron chi connectivity index (χ2n) is 33.9. The van der Waals surface area contributed by atoms with Crippen molar-refractivity contribution < 1.29 is 8.83 Å². The van der Waals surface area contributed by atoms with Gasteiger partial charge in [-0.1, -0.05) is 334 Å². The van der Waals surface area contributed by atoms with Crippen molar-refractivity contribution in [2.45, 2.75) is 0 Å². The minimum absolute atomic E-state index is 0.900. The topological polar surface area (TPSA) is 42.6 Å². The number of para-hydroxylation sites is 6. The lowest BCUT2D eigenvalue weighted by Gasteiger charge is -2.26. The van der Waals surface area contributed by atoms with Gasteiger partial charge in [0.1, 0.15) is 22.3 Å². The van der Waals surface area contributed by atoms with Gasteiger partial charge in [-0.25, -0.2) is 0 Å². The highest BCUT2D eigenvalue weighted by Crippen LogP contribution is 2.45. The van der Waals surface area contributed by atoms with E-state index in [4.69, 9.17) is 8.83 Å². The summed E-state index contributed by atoms with van der Waals surface area (Å²) in [4.78, 5) is 4.69. The molecule has 25 rings (SSSR count). The van der Waals surface area contributed by atoms with Crippen molar-refractivity contribution in [2.75, 3.05) is 9.80 Å². The Hall–Kier alpha value is -17.6. The first kappa shape index (κ1) is 77.9. The SMILES string of the molecule is c1ccc(-c2cc(-c3ccccc3)cc(-c3ccc(N(c4ccc(-c5ccc(-n6c7ccccc7c7ccccc76)cc5)cc4)c4ccc(-c5ccc6oc7ccccc7c6c5)cc4)cc3)c2)cc1.c1ccc(-c2ccc(-c3ccc(N(c4ccc(-c5ccc(-n6c7ccccc7c7ccccc76)cc5)cc4)c4ccc(-c5ccc6oc7ccccc7c6c5)cc4)cc3)cc2)cc1. The van der Waals surface area contributed by atoms with Crippen molar-refractivity contribution in [2.24, 2.45) is 0 Å². The van der Waals surface area contributed by atoms with Gasteiger partial charge in [0.2, 0.25) is 0 Å². The number of aromatic nitrogens is 2. The van der Waals surface area contributed by atoms with Gasteiger partial charge in [-0.15, -0.1) is 0 Å². The van der Waals surface area contributed by atoms with Crippen molar-refractivity contribution in [3.8, 4) is 112 Å². The predicted octanol–water partition coefficient (Wildman–Crippen LogP) is 35.3. The summed E-state index contributed by atoms with van der Waals surface area (Å²) in [6.45, 7) is 0. The number of anilines is 6. The van der Waals surface area contributed by atoms with Crippen LogP contribution in [0.3, 0.4) is 0 Å². The lowest BCUT2D eigenvalue weighted by Crippen LogP contribution is -2.09. The summed E-state index contributed by atoms with van der Waals surface area (Å²) in [6.07, 6.45) is 0. The summed E-state index contributed by atoms with van der Waals surface area (Å²) in [5.74, 6) is 0. The lowest BCUT2D eigenvalue weighted by atomic mass is 9.93. The number of fused-ring (bicyclic) bond motifs is 12. The van der Waals surface area contributed by atoms with Gasteiger partial charge in [0.25, 0.3) is 0 Å². The highest BCUT2D eigenvalue weighted by atomic mass is 16.3. The Morgan fingerprint density at radius 3 is 0.598 bits per heavy atom. The molecule has 620 valence electrons. The van der Waals surface area contributed by atoms with Gasteiger partial charge in [-0.2, -0.15) is 0 Å². The normalized spacial score (nSPS) is 11.5. The van der Waals surface area contributed by atoms with Gasteiger partial charge in [0, 0.05) is 88.6 Å². The molecule has 4 heterocycles. The molecule has 0 spiro atoms. The number of furan rings is 2. The molecule has 25 aromatic rings. The largest absolute Gasteiger partial charge is 0.456 e. The minimum Gasteiger partial charge on any atom is -0.456 e. The van der Waals surface area contributed by atoms with E-state index in [9.17, 15) is 0 Å². The monoisotopic (exact) mass is 1680 g/mol. The van der Waals surface area contributed by atoms with Crippen molar-refractivity contribution in [1.29, 1.82) is 0 Å². The smallest absolute Gasteiger partial charge is 0.135 e. The van der Waals surface area contributed by atoms with Crippen molar-refractivity contribution in [3.63, 3.8) is 0 Å². The Bertz CT molecular complexity index is 8370. The fourth-order valence-electron chi connectivity index (χ4n) is 19.4. The Morgan fingerprint density at radius 2 is 0.318 bits per heavy atom. The summed E-state index contributed by atoms with van der Waals surface area (Å²) in [7, 11) is 0. The van der Waals surface area contributed by atoms with Gasteiger partial charge in [0.05, 0.1) is 22.1 Å². The molecule has 6 heteroatoms. The van der Waals surface area contributed by atoms with Gasteiger partial charge in [0.15, 0.2) is 0 Å². The van der Waals surface area contributed by atoms with E-state index in [0.29, 0.717) is 0 Å². The van der Waals surface area contributed by atoms with Crippen LogP contribution in [0.15, 0.2) is 518 Å². The Morgan fingerprint density at radius 1 is 0.129 bits per heavy atom. The number of hydrogen-bond acceptors (Lipinski definition) is 4. The zero-order chi connectivity index (χ0) is 87.4. The molecule has 0 atom stereocenters. The van der Waals surface area contributed by atoms with Crippen LogP contribution >= 0.6 is 0 Å². The molecule has 0 radical (unpaired) electrons. The fraction of sp³-hybridized carbons (Fsp3) is 0. The molecule has 0 aliphatic carbocycles. The zero-order valence-corrected chi connectivity index (χ0v) is 72.1. The second kappa shape index (κ2) is 33.6. The Kier molecular flexibility index (Phi) is 19.9. The molecule has 0 amide bonds. The van der Waals surface area contributed by atoms with Crippen LogP contribution in [-0.4, -0.2) is 9.13 Å². The van der Waals surface area contributed by atoms with Crippen LogP contribution in [0.5, 0.6) is 0 Å². The molecule has 0 saturated carbocycles. The number of nitrogens with zero attached hydrogens (tertiary/aromatic N) is 4.